The lowest BCUT2D eigenvalue weighted by atomic mass is 10.3. The Morgan fingerprint density at radius 2 is 2.31 bits per heavy atom. The quantitative estimate of drug-likeness (QED) is 0.751. The van der Waals surface area contributed by atoms with Gasteiger partial charge in [0.15, 0.2) is 0 Å². The summed E-state index contributed by atoms with van der Waals surface area (Å²) in [5.41, 5.74) is 0.389. The van der Waals surface area contributed by atoms with Gasteiger partial charge in [0.05, 0.1) is 0 Å². The van der Waals surface area contributed by atoms with Gasteiger partial charge in [0, 0.05) is 27.5 Å². The number of nitrogens with one attached hydrogen (secondary N) is 1. The smallest absolute Gasteiger partial charge is 0.301 e. The third kappa shape index (κ3) is 3.26. The molecule has 1 N–H and O–H groups in total. The molecule has 0 fully saturated rings. The molecule has 2 nitrogen and oxygen atoms in total. The number of carbonyl (C=O) groups excluding carboxylic acids is 1. The zero-order valence-electron chi connectivity index (χ0n) is 6.47. The van der Waals surface area contributed by atoms with Gasteiger partial charge in [0.2, 0.25) is 0 Å². The van der Waals surface area contributed by atoms with Gasteiger partial charge in [-0.05, 0) is 23.0 Å². The molecule has 0 heterocycles. The molecular weight excluding hydrogens is 237 g/mol. The number of amides is 1. The lowest BCUT2D eigenvalue weighted by Crippen LogP contribution is -2.08. The molecule has 0 spiro atoms. The van der Waals surface area contributed by atoms with Crippen LogP contribution in [-0.4, -0.2) is 5.91 Å². The molecule has 0 unspecified atom stereocenters. The number of anilines is 1. The van der Waals surface area contributed by atoms with Gasteiger partial charge in [0.1, 0.15) is 5.82 Å². The van der Waals surface area contributed by atoms with Crippen LogP contribution in [0, 0.1) is 16.6 Å². The van der Waals surface area contributed by atoms with E-state index in [0.717, 1.165) is 0 Å². The van der Waals surface area contributed by atoms with E-state index < -0.39 is 11.7 Å². The monoisotopic (exact) mass is 241 g/mol. The Bertz CT molecular complexity index is 381. The van der Waals surface area contributed by atoms with Crippen LogP contribution in [0.3, 0.4) is 0 Å². The standard InChI is InChI=1S/C9H5BrFNO/c10-5-4-9(13)12-8-3-1-2-7(11)6-8/h1-3,6H,(H,12,13). The topological polar surface area (TPSA) is 29.1 Å². The van der Waals surface area contributed by atoms with Crippen LogP contribution in [0.15, 0.2) is 24.3 Å². The first kappa shape index (κ1) is 9.75. The van der Waals surface area contributed by atoms with E-state index >= 15 is 0 Å². The first-order valence-corrected chi connectivity index (χ1v) is 4.20. The second-order valence-electron chi connectivity index (χ2n) is 2.18. The van der Waals surface area contributed by atoms with Crippen LogP contribution in [0.2, 0.25) is 0 Å². The van der Waals surface area contributed by atoms with Crippen LogP contribution in [0.5, 0.6) is 0 Å². The Morgan fingerprint density at radius 3 is 2.92 bits per heavy atom. The third-order valence-corrected chi connectivity index (χ3v) is 1.44. The predicted octanol–water partition coefficient (Wildman–Crippen LogP) is 2.12. The van der Waals surface area contributed by atoms with Gasteiger partial charge < -0.3 is 5.32 Å². The number of hydrogen-bond donors (Lipinski definition) is 1. The van der Waals surface area contributed by atoms with Gasteiger partial charge in [0.25, 0.3) is 0 Å². The maximum absolute atomic E-state index is 12.6. The summed E-state index contributed by atoms with van der Waals surface area (Å²) >= 11 is 2.78. The van der Waals surface area contributed by atoms with Crippen molar-refractivity contribution in [3.63, 3.8) is 0 Å². The number of rotatable bonds is 1. The average Bonchev–Trinajstić information content (AvgIpc) is 2.04. The highest BCUT2D eigenvalue weighted by molar-refractivity contribution is 9.12. The summed E-state index contributed by atoms with van der Waals surface area (Å²) in [5.74, 6) is 1.33. The van der Waals surface area contributed by atoms with Crippen molar-refractivity contribution >= 4 is 27.5 Å². The summed E-state index contributed by atoms with van der Waals surface area (Å²) in [6.45, 7) is 0. The number of benzene rings is 1. The summed E-state index contributed by atoms with van der Waals surface area (Å²) in [6.07, 6.45) is 0. The Kier molecular flexibility index (Phi) is 3.47. The van der Waals surface area contributed by atoms with E-state index in [4.69, 9.17) is 0 Å². The van der Waals surface area contributed by atoms with Gasteiger partial charge in [-0.1, -0.05) is 6.07 Å². The molecule has 1 aromatic carbocycles. The van der Waals surface area contributed by atoms with Crippen molar-refractivity contribution in [2.45, 2.75) is 0 Å². The molecule has 0 aromatic heterocycles. The summed E-state index contributed by atoms with van der Waals surface area (Å²) in [5, 5.41) is 2.40. The summed E-state index contributed by atoms with van der Waals surface area (Å²) in [4.78, 5) is 13.1. The van der Waals surface area contributed by atoms with Crippen LogP contribution < -0.4 is 5.32 Å². The van der Waals surface area contributed by atoms with Crippen LogP contribution in [-0.2, 0) is 4.79 Å². The van der Waals surface area contributed by atoms with Crippen molar-refractivity contribution in [2.75, 3.05) is 5.32 Å². The van der Waals surface area contributed by atoms with Crippen molar-refractivity contribution < 1.29 is 9.18 Å². The Labute approximate surface area is 83.3 Å². The minimum Gasteiger partial charge on any atom is -0.315 e. The highest BCUT2D eigenvalue weighted by Gasteiger charge is 1.97. The van der Waals surface area contributed by atoms with Crippen molar-refractivity contribution in [1.29, 1.82) is 0 Å². The fourth-order valence-electron chi connectivity index (χ4n) is 0.771. The van der Waals surface area contributed by atoms with Gasteiger partial charge in [-0.15, -0.1) is 0 Å². The molecule has 4 heteroatoms. The minimum absolute atomic E-state index is 0.389. The molecule has 13 heavy (non-hydrogen) atoms. The first-order valence-electron chi connectivity index (χ1n) is 3.40. The average molecular weight is 242 g/mol. The van der Waals surface area contributed by atoms with E-state index in [9.17, 15) is 9.18 Å². The molecule has 1 amide bonds. The molecule has 0 saturated heterocycles. The molecule has 0 aliphatic carbocycles. The first-order chi connectivity index (χ1) is 6.22. The molecule has 0 saturated carbocycles. The maximum atomic E-state index is 12.6. The Hall–Kier alpha value is -1.34. The fourth-order valence-corrected chi connectivity index (χ4v) is 0.952. The van der Waals surface area contributed by atoms with Crippen molar-refractivity contribution in [3.8, 4) is 10.8 Å². The van der Waals surface area contributed by atoms with Gasteiger partial charge in [-0.2, -0.15) is 0 Å². The van der Waals surface area contributed by atoms with E-state index in [-0.39, 0.29) is 0 Å². The lowest BCUT2D eigenvalue weighted by molar-refractivity contribution is -0.111. The third-order valence-electron chi connectivity index (χ3n) is 1.24. The van der Waals surface area contributed by atoms with Gasteiger partial charge in [-0.3, -0.25) is 4.79 Å². The van der Waals surface area contributed by atoms with Crippen LogP contribution in [0.25, 0.3) is 0 Å². The van der Waals surface area contributed by atoms with Gasteiger partial charge in [-0.25, -0.2) is 4.39 Å². The SMILES string of the molecule is O=C(C#CBr)Nc1cccc(F)c1. The molecular formula is C9H5BrFNO. The zero-order valence-corrected chi connectivity index (χ0v) is 8.06. The molecule has 0 aliphatic heterocycles. The molecule has 1 aromatic rings. The summed E-state index contributed by atoms with van der Waals surface area (Å²) < 4.78 is 12.6. The fraction of sp³-hybridized carbons (Fsp3) is 0. The number of halogens is 2. The van der Waals surface area contributed by atoms with Crippen molar-refractivity contribution in [1.82, 2.24) is 0 Å². The summed E-state index contributed by atoms with van der Waals surface area (Å²) in [6, 6.07) is 5.60. The zero-order chi connectivity index (χ0) is 9.68. The molecule has 1 rings (SSSR count). The largest absolute Gasteiger partial charge is 0.315 e. The molecule has 0 radical (unpaired) electrons. The predicted molar refractivity (Wildman–Crippen MR) is 51.7 cm³/mol. The minimum atomic E-state index is -0.484. The van der Waals surface area contributed by atoms with Crippen LogP contribution in [0.4, 0.5) is 10.1 Å². The van der Waals surface area contributed by atoms with Crippen LogP contribution >= 0.6 is 15.9 Å². The molecule has 0 aliphatic rings. The van der Waals surface area contributed by atoms with E-state index in [2.05, 4.69) is 32.0 Å². The Morgan fingerprint density at radius 1 is 1.54 bits per heavy atom. The van der Waals surface area contributed by atoms with Gasteiger partial charge >= 0.3 is 5.91 Å². The van der Waals surface area contributed by atoms with Crippen molar-refractivity contribution in [3.05, 3.63) is 30.1 Å². The molecule has 0 bridgehead atoms. The van der Waals surface area contributed by atoms with E-state index in [1.807, 2.05) is 0 Å². The Balaban J connectivity index is 2.73. The maximum Gasteiger partial charge on any atom is 0.301 e. The van der Waals surface area contributed by atoms with Crippen molar-refractivity contribution in [2.24, 2.45) is 0 Å². The second kappa shape index (κ2) is 4.63. The van der Waals surface area contributed by atoms with Crippen LogP contribution in [0.1, 0.15) is 0 Å². The summed E-state index contributed by atoms with van der Waals surface area (Å²) in [7, 11) is 0. The van der Waals surface area contributed by atoms with E-state index in [1.165, 1.54) is 18.2 Å². The number of hydrogen-bond acceptors (Lipinski definition) is 1. The van der Waals surface area contributed by atoms with E-state index in [1.54, 1.807) is 6.07 Å². The lowest BCUT2D eigenvalue weighted by Gasteiger charge is -1.99. The normalized spacial score (nSPS) is 8.46. The highest BCUT2D eigenvalue weighted by Crippen LogP contribution is 2.08. The number of carbonyl (C=O) groups is 1. The highest BCUT2D eigenvalue weighted by atomic mass is 79.9. The molecule has 66 valence electrons. The molecule has 0 atom stereocenters. The second-order valence-corrected chi connectivity index (χ2v) is 2.58. The van der Waals surface area contributed by atoms with E-state index in [0.29, 0.717) is 5.69 Å².